The van der Waals surface area contributed by atoms with Gasteiger partial charge in [0.2, 0.25) is 10.0 Å². The molecule has 23 heavy (non-hydrogen) atoms. The number of hydrogen-bond acceptors (Lipinski definition) is 6. The van der Waals surface area contributed by atoms with E-state index in [1.807, 2.05) is 24.4 Å². The second-order valence-corrected chi connectivity index (χ2v) is 7.90. The van der Waals surface area contributed by atoms with Gasteiger partial charge in [-0.1, -0.05) is 13.3 Å². The molecule has 0 saturated heterocycles. The van der Waals surface area contributed by atoms with Crippen molar-refractivity contribution in [2.24, 2.45) is 0 Å². The number of ether oxygens (including phenoxy) is 1. The van der Waals surface area contributed by atoms with E-state index in [0.29, 0.717) is 31.7 Å². The largest absolute Gasteiger partial charge is 0.485 e. The number of pyridine rings is 1. The van der Waals surface area contributed by atoms with Gasteiger partial charge in [0, 0.05) is 24.5 Å². The van der Waals surface area contributed by atoms with Gasteiger partial charge in [0.25, 0.3) is 0 Å². The Morgan fingerprint density at radius 3 is 3.00 bits per heavy atom. The van der Waals surface area contributed by atoms with Crippen molar-refractivity contribution in [1.82, 2.24) is 14.7 Å². The summed E-state index contributed by atoms with van der Waals surface area (Å²) >= 11 is 1.51. The zero-order chi connectivity index (χ0) is 16.5. The molecule has 0 saturated carbocycles. The second-order valence-electron chi connectivity index (χ2n) is 5.03. The molecule has 0 bridgehead atoms. The summed E-state index contributed by atoms with van der Waals surface area (Å²) < 4.78 is 31.6. The van der Waals surface area contributed by atoms with Crippen LogP contribution in [0.4, 0.5) is 0 Å². The van der Waals surface area contributed by atoms with Crippen molar-refractivity contribution in [3.05, 3.63) is 40.6 Å². The molecule has 1 N–H and O–H groups in total. The Balaban J connectivity index is 1.74. The van der Waals surface area contributed by atoms with E-state index in [9.17, 15) is 8.42 Å². The van der Waals surface area contributed by atoms with Crippen molar-refractivity contribution >= 4 is 21.4 Å². The van der Waals surface area contributed by atoms with Gasteiger partial charge in [-0.25, -0.2) is 18.1 Å². The summed E-state index contributed by atoms with van der Waals surface area (Å²) in [6, 6.07) is 3.65. The van der Waals surface area contributed by atoms with E-state index in [-0.39, 0.29) is 5.75 Å². The molecule has 126 valence electrons. The minimum atomic E-state index is -3.16. The average Bonchev–Trinajstić information content (AvgIpc) is 3.00. The molecule has 0 aliphatic carbocycles. The van der Waals surface area contributed by atoms with Gasteiger partial charge < -0.3 is 4.74 Å². The third-order valence-corrected chi connectivity index (χ3v) is 5.41. The number of hydrogen-bond donors (Lipinski definition) is 1. The standard InChI is InChI=1S/C15H21N3O3S2/c1-2-3-9-23(19,20)17-8-6-13-12-22-15(18-13)11-21-14-5-4-7-16-10-14/h4-5,7,10,12,17H,2-3,6,8-9,11H2,1H3. The van der Waals surface area contributed by atoms with Crippen molar-refractivity contribution in [2.45, 2.75) is 32.8 Å². The van der Waals surface area contributed by atoms with Crippen molar-refractivity contribution in [2.75, 3.05) is 12.3 Å². The van der Waals surface area contributed by atoms with Gasteiger partial charge >= 0.3 is 0 Å². The quantitative estimate of drug-likeness (QED) is 0.708. The first-order valence-corrected chi connectivity index (χ1v) is 10.1. The lowest BCUT2D eigenvalue weighted by Gasteiger charge is -2.04. The molecular weight excluding hydrogens is 334 g/mol. The van der Waals surface area contributed by atoms with Crippen LogP contribution < -0.4 is 9.46 Å². The second kappa shape index (κ2) is 8.95. The van der Waals surface area contributed by atoms with Crippen LogP contribution in [-0.2, 0) is 23.1 Å². The summed E-state index contributed by atoms with van der Waals surface area (Å²) in [5.41, 5.74) is 0.873. The predicted molar refractivity (Wildman–Crippen MR) is 91.1 cm³/mol. The van der Waals surface area contributed by atoms with E-state index in [1.54, 1.807) is 12.4 Å². The number of nitrogens with one attached hydrogen (secondary N) is 1. The number of rotatable bonds is 10. The molecule has 0 aliphatic rings. The lowest BCUT2D eigenvalue weighted by Crippen LogP contribution is -2.28. The molecule has 2 heterocycles. The molecule has 0 aromatic carbocycles. The van der Waals surface area contributed by atoms with E-state index in [1.165, 1.54) is 11.3 Å². The molecule has 0 aliphatic heterocycles. The number of unbranched alkanes of at least 4 members (excludes halogenated alkanes) is 1. The zero-order valence-electron chi connectivity index (χ0n) is 13.1. The summed E-state index contributed by atoms with van der Waals surface area (Å²) in [6.45, 7) is 2.73. The molecule has 0 unspecified atom stereocenters. The van der Waals surface area contributed by atoms with Crippen LogP contribution in [0.25, 0.3) is 0 Å². The Labute approximate surface area is 141 Å². The first-order valence-electron chi connectivity index (χ1n) is 7.52. The predicted octanol–water partition coefficient (Wildman–Crippen LogP) is 2.38. The van der Waals surface area contributed by atoms with E-state index < -0.39 is 10.0 Å². The van der Waals surface area contributed by atoms with E-state index in [0.717, 1.165) is 17.1 Å². The van der Waals surface area contributed by atoms with Crippen LogP contribution in [0.15, 0.2) is 29.9 Å². The monoisotopic (exact) mass is 355 g/mol. The maximum absolute atomic E-state index is 11.7. The first-order chi connectivity index (χ1) is 11.1. The van der Waals surface area contributed by atoms with Gasteiger partial charge in [-0.15, -0.1) is 11.3 Å². The number of nitrogens with zero attached hydrogens (tertiary/aromatic N) is 2. The van der Waals surface area contributed by atoms with Crippen LogP contribution in [-0.4, -0.2) is 30.7 Å². The topological polar surface area (TPSA) is 81.2 Å². The van der Waals surface area contributed by atoms with Gasteiger partial charge in [-0.05, 0) is 18.6 Å². The van der Waals surface area contributed by atoms with Crippen LogP contribution in [0, 0.1) is 0 Å². The molecule has 2 aromatic heterocycles. The molecule has 8 heteroatoms. The molecule has 0 atom stereocenters. The average molecular weight is 355 g/mol. The Hall–Kier alpha value is -1.51. The molecule has 6 nitrogen and oxygen atoms in total. The molecule has 0 amide bonds. The Morgan fingerprint density at radius 2 is 2.26 bits per heavy atom. The maximum atomic E-state index is 11.7. The van der Waals surface area contributed by atoms with Gasteiger partial charge in [-0.2, -0.15) is 0 Å². The third kappa shape index (κ3) is 6.64. The minimum absolute atomic E-state index is 0.185. The van der Waals surface area contributed by atoms with Gasteiger partial charge in [-0.3, -0.25) is 4.98 Å². The highest BCUT2D eigenvalue weighted by molar-refractivity contribution is 7.89. The molecular formula is C15H21N3O3S2. The number of thiazole rings is 1. The summed E-state index contributed by atoms with van der Waals surface area (Å²) in [4.78, 5) is 8.43. The van der Waals surface area contributed by atoms with Crippen molar-refractivity contribution in [3.8, 4) is 5.75 Å². The first kappa shape index (κ1) is 17.8. The van der Waals surface area contributed by atoms with E-state index in [2.05, 4.69) is 14.7 Å². The van der Waals surface area contributed by atoms with Crippen molar-refractivity contribution in [3.63, 3.8) is 0 Å². The van der Waals surface area contributed by atoms with Crippen LogP contribution in [0.1, 0.15) is 30.5 Å². The van der Waals surface area contributed by atoms with Crippen LogP contribution in [0.2, 0.25) is 0 Å². The smallest absolute Gasteiger partial charge is 0.211 e. The fourth-order valence-electron chi connectivity index (χ4n) is 1.85. The van der Waals surface area contributed by atoms with Gasteiger partial charge in [0.15, 0.2) is 0 Å². The Morgan fingerprint density at radius 1 is 1.39 bits per heavy atom. The zero-order valence-corrected chi connectivity index (χ0v) is 14.7. The SMILES string of the molecule is CCCCS(=O)(=O)NCCc1csc(COc2cccnc2)n1. The van der Waals surface area contributed by atoms with Crippen LogP contribution >= 0.6 is 11.3 Å². The van der Waals surface area contributed by atoms with Crippen LogP contribution in [0.3, 0.4) is 0 Å². The van der Waals surface area contributed by atoms with E-state index in [4.69, 9.17) is 4.74 Å². The van der Waals surface area contributed by atoms with Crippen molar-refractivity contribution in [1.29, 1.82) is 0 Å². The van der Waals surface area contributed by atoms with Gasteiger partial charge in [0.05, 0.1) is 17.6 Å². The Bertz CT molecular complexity index is 687. The molecule has 0 fully saturated rings. The highest BCUT2D eigenvalue weighted by atomic mass is 32.2. The summed E-state index contributed by atoms with van der Waals surface area (Å²) in [5, 5.41) is 2.79. The van der Waals surface area contributed by atoms with Crippen molar-refractivity contribution < 1.29 is 13.2 Å². The van der Waals surface area contributed by atoms with Gasteiger partial charge in [0.1, 0.15) is 17.4 Å². The maximum Gasteiger partial charge on any atom is 0.211 e. The summed E-state index contributed by atoms with van der Waals surface area (Å²) in [6.07, 6.45) is 5.47. The minimum Gasteiger partial charge on any atom is -0.485 e. The summed E-state index contributed by atoms with van der Waals surface area (Å²) in [7, 11) is -3.16. The highest BCUT2D eigenvalue weighted by Crippen LogP contribution is 2.14. The van der Waals surface area contributed by atoms with Crippen LogP contribution in [0.5, 0.6) is 5.75 Å². The molecule has 2 aromatic rings. The third-order valence-electron chi connectivity index (χ3n) is 3.07. The lowest BCUT2D eigenvalue weighted by molar-refractivity contribution is 0.304. The normalized spacial score (nSPS) is 11.5. The number of aromatic nitrogens is 2. The fourth-order valence-corrected chi connectivity index (χ4v) is 3.81. The molecule has 0 radical (unpaired) electrons. The Kier molecular flexibility index (Phi) is 6.94. The molecule has 0 spiro atoms. The highest BCUT2D eigenvalue weighted by Gasteiger charge is 2.09. The molecule has 2 rings (SSSR count). The fraction of sp³-hybridized carbons (Fsp3) is 0.467. The summed E-state index contributed by atoms with van der Waals surface area (Å²) in [5.74, 6) is 0.887. The number of sulfonamides is 1. The lowest BCUT2D eigenvalue weighted by atomic mass is 10.3. The van der Waals surface area contributed by atoms with E-state index >= 15 is 0 Å².